The number of hydrogen-bond donors (Lipinski definition) is 0. The van der Waals surface area contributed by atoms with E-state index in [9.17, 15) is 0 Å². The van der Waals surface area contributed by atoms with Gasteiger partial charge >= 0.3 is 0 Å². The van der Waals surface area contributed by atoms with Crippen molar-refractivity contribution in [1.29, 1.82) is 0 Å². The molecule has 0 spiro atoms. The summed E-state index contributed by atoms with van der Waals surface area (Å²) < 4.78 is 0. The van der Waals surface area contributed by atoms with Crippen LogP contribution in [0.3, 0.4) is 0 Å². The minimum absolute atomic E-state index is 0.00687. The molecule has 480 valence electrons. The Balaban J connectivity index is 0.000000179. The van der Waals surface area contributed by atoms with Gasteiger partial charge in [0, 0.05) is 78.9 Å². The van der Waals surface area contributed by atoms with Crippen molar-refractivity contribution in [1.82, 2.24) is 69.8 Å². The van der Waals surface area contributed by atoms with Crippen molar-refractivity contribution in [3.05, 3.63) is 155 Å². The first kappa shape index (κ1) is 71.6. The van der Waals surface area contributed by atoms with E-state index in [1.807, 2.05) is 60.7 Å². The van der Waals surface area contributed by atoms with Crippen LogP contribution in [0, 0.1) is 0 Å². The molecule has 0 saturated heterocycles. The monoisotopic (exact) mass is 1210 g/mol. The summed E-state index contributed by atoms with van der Waals surface area (Å²) in [5.41, 5.74) is 19.4. The fourth-order valence-corrected chi connectivity index (χ4v) is 9.83. The SMILES string of the molecule is CC(C)(C)c1nc2ccccc2nc1C(C)(C)C.CC(C)(C)c1nc2cccnc2nc1C(C)(C)C.CC(C)(C)c1nc2cccnc2nc1C(C)(C)C.CC(C)(C)c1nc2ccncc2nc1C(C)(C)C.CC(C)(C)c1nc2ccncc2nc1C(C)(C)C. The summed E-state index contributed by atoms with van der Waals surface area (Å²) in [7, 11) is 0. The standard InChI is InChI=1S/C16H22N2.4C15H21N3/c1-15(2,3)13-14(16(4,5)6)18-12-10-8-7-9-11(12)17-13;2*1-14(2,3)12-13(15(4,5)6)18-11-9-16-8-7-10(11)17-12;2*1-14(2,3)11-12(15(4,5)6)18-13-10(17-11)8-7-9-16-13/h7-10H,1-6H3;4*7-9H,1-6H3. The van der Waals surface area contributed by atoms with Crippen LogP contribution in [0.2, 0.25) is 0 Å². The lowest BCUT2D eigenvalue weighted by atomic mass is 9.81. The quantitative estimate of drug-likeness (QED) is 0.140. The predicted octanol–water partition coefficient (Wildman–Crippen LogP) is 18.7. The molecular formula is C76H106N14. The molecule has 90 heavy (non-hydrogen) atoms. The summed E-state index contributed by atoms with van der Waals surface area (Å²) in [6, 6.07) is 19.7. The molecule has 0 aliphatic heterocycles. The average molecular weight is 1220 g/mol. The van der Waals surface area contributed by atoms with Crippen molar-refractivity contribution in [2.24, 2.45) is 0 Å². The van der Waals surface area contributed by atoms with Gasteiger partial charge in [0.25, 0.3) is 0 Å². The number of fused-ring (bicyclic) bond motifs is 5. The minimum atomic E-state index is -0.0265. The van der Waals surface area contributed by atoms with Crippen LogP contribution in [0.5, 0.6) is 0 Å². The topological polar surface area (TPSA) is 180 Å². The third-order valence-electron chi connectivity index (χ3n) is 14.5. The molecule has 0 amide bonds. The zero-order valence-corrected chi connectivity index (χ0v) is 60.5. The molecule has 9 aromatic heterocycles. The Morgan fingerprint density at radius 2 is 0.378 bits per heavy atom. The molecule has 0 fully saturated rings. The van der Waals surface area contributed by atoms with Gasteiger partial charge in [0.15, 0.2) is 11.3 Å². The lowest BCUT2D eigenvalue weighted by Crippen LogP contribution is -2.25. The van der Waals surface area contributed by atoms with E-state index < -0.39 is 0 Å². The number of benzene rings is 1. The van der Waals surface area contributed by atoms with Crippen LogP contribution in [0.4, 0.5) is 0 Å². The van der Waals surface area contributed by atoms with E-state index in [1.165, 1.54) is 0 Å². The molecule has 0 atom stereocenters. The van der Waals surface area contributed by atoms with Gasteiger partial charge in [-0.3, -0.25) is 9.97 Å². The maximum Gasteiger partial charge on any atom is 0.178 e. The van der Waals surface area contributed by atoms with Gasteiger partial charge in [-0.05, 0) is 48.5 Å². The molecule has 0 unspecified atom stereocenters. The molecule has 10 rings (SSSR count). The van der Waals surface area contributed by atoms with Crippen molar-refractivity contribution in [3.8, 4) is 0 Å². The summed E-state index contributed by atoms with van der Waals surface area (Å²) in [5.74, 6) is 0. The van der Waals surface area contributed by atoms with Crippen LogP contribution < -0.4 is 0 Å². The van der Waals surface area contributed by atoms with Crippen molar-refractivity contribution in [2.45, 2.75) is 262 Å². The van der Waals surface area contributed by atoms with Crippen molar-refractivity contribution < 1.29 is 0 Å². The first-order chi connectivity index (χ1) is 41.0. The normalized spacial score (nSPS) is 13.0. The number of para-hydroxylation sites is 2. The minimum Gasteiger partial charge on any atom is -0.262 e. The van der Waals surface area contributed by atoms with E-state index in [-0.39, 0.29) is 54.1 Å². The van der Waals surface area contributed by atoms with E-state index in [1.54, 1.807) is 37.2 Å². The first-order valence-corrected chi connectivity index (χ1v) is 31.8. The van der Waals surface area contributed by atoms with Crippen LogP contribution in [0.1, 0.15) is 265 Å². The number of pyridine rings is 4. The van der Waals surface area contributed by atoms with Crippen molar-refractivity contribution in [3.63, 3.8) is 0 Å². The molecule has 9 heterocycles. The highest BCUT2D eigenvalue weighted by Gasteiger charge is 2.34. The fraction of sp³-hybridized carbons (Fsp3) is 0.526. The molecule has 14 nitrogen and oxygen atoms in total. The van der Waals surface area contributed by atoms with Gasteiger partial charge in [-0.15, -0.1) is 0 Å². The van der Waals surface area contributed by atoms with Crippen LogP contribution in [0.15, 0.2) is 97.8 Å². The van der Waals surface area contributed by atoms with Crippen LogP contribution in [-0.2, 0) is 54.1 Å². The zero-order chi connectivity index (χ0) is 67.8. The van der Waals surface area contributed by atoms with Crippen molar-refractivity contribution >= 4 is 55.4 Å². The number of nitrogens with zero attached hydrogens (tertiary/aromatic N) is 14. The molecule has 0 N–H and O–H groups in total. The number of aromatic nitrogens is 14. The van der Waals surface area contributed by atoms with E-state index in [0.717, 1.165) is 112 Å². The summed E-state index contributed by atoms with van der Waals surface area (Å²) in [4.78, 5) is 64.8. The lowest BCUT2D eigenvalue weighted by Gasteiger charge is -2.28. The molecule has 0 aliphatic carbocycles. The second kappa shape index (κ2) is 26.0. The molecule has 1 aromatic carbocycles. The van der Waals surface area contributed by atoms with Gasteiger partial charge in [0.05, 0.1) is 91.4 Å². The Hall–Kier alpha value is -7.48. The Morgan fingerprint density at radius 1 is 0.189 bits per heavy atom. The number of rotatable bonds is 0. The van der Waals surface area contributed by atoms with Gasteiger partial charge in [0.2, 0.25) is 0 Å². The predicted molar refractivity (Wildman–Crippen MR) is 376 cm³/mol. The lowest BCUT2D eigenvalue weighted by molar-refractivity contribution is 0.502. The number of hydrogen-bond acceptors (Lipinski definition) is 14. The van der Waals surface area contributed by atoms with E-state index in [4.69, 9.17) is 49.8 Å². The van der Waals surface area contributed by atoms with E-state index >= 15 is 0 Å². The largest absolute Gasteiger partial charge is 0.262 e. The Morgan fingerprint density at radius 3 is 0.611 bits per heavy atom. The highest BCUT2D eigenvalue weighted by molar-refractivity contribution is 5.76. The smallest absolute Gasteiger partial charge is 0.178 e. The molecule has 10 aromatic rings. The molecule has 0 saturated carbocycles. The van der Waals surface area contributed by atoms with Gasteiger partial charge in [-0.25, -0.2) is 59.8 Å². The second-order valence-corrected chi connectivity index (χ2v) is 34.0. The Labute approximate surface area is 539 Å². The zero-order valence-electron chi connectivity index (χ0n) is 60.5. The van der Waals surface area contributed by atoms with Crippen LogP contribution >= 0.6 is 0 Å². The van der Waals surface area contributed by atoms with E-state index in [2.05, 4.69) is 228 Å². The molecule has 14 heteroatoms. The molecule has 0 aliphatic rings. The maximum atomic E-state index is 4.85. The van der Waals surface area contributed by atoms with Crippen molar-refractivity contribution in [2.75, 3.05) is 0 Å². The fourth-order valence-electron chi connectivity index (χ4n) is 9.83. The second-order valence-electron chi connectivity index (χ2n) is 34.0. The van der Waals surface area contributed by atoms with Gasteiger partial charge in [0.1, 0.15) is 22.1 Å². The summed E-state index contributed by atoms with van der Waals surface area (Å²) in [6.07, 6.45) is 10.6. The highest BCUT2D eigenvalue weighted by atomic mass is 15.0. The third-order valence-corrected chi connectivity index (χ3v) is 14.5. The molecule has 0 radical (unpaired) electrons. The summed E-state index contributed by atoms with van der Waals surface area (Å²) in [6.45, 7) is 65.4. The summed E-state index contributed by atoms with van der Waals surface area (Å²) >= 11 is 0. The first-order valence-electron chi connectivity index (χ1n) is 31.8. The Kier molecular flexibility index (Phi) is 20.7. The van der Waals surface area contributed by atoms with Crippen LogP contribution in [0.25, 0.3) is 55.4 Å². The molecule has 0 bridgehead atoms. The highest BCUT2D eigenvalue weighted by Crippen LogP contribution is 2.37. The van der Waals surface area contributed by atoms with E-state index in [0.29, 0.717) is 0 Å². The third kappa shape index (κ3) is 18.1. The summed E-state index contributed by atoms with van der Waals surface area (Å²) in [5, 5.41) is 0. The van der Waals surface area contributed by atoms with Gasteiger partial charge in [-0.2, -0.15) is 0 Å². The Bertz CT molecular complexity index is 3230. The average Bonchev–Trinajstić information content (AvgIpc) is 1.91. The van der Waals surface area contributed by atoms with Crippen LogP contribution in [-0.4, -0.2) is 69.8 Å². The molecular weight excluding hydrogens is 1110 g/mol. The van der Waals surface area contributed by atoms with Gasteiger partial charge in [-0.1, -0.05) is 220 Å². The maximum absolute atomic E-state index is 4.85. The van der Waals surface area contributed by atoms with Gasteiger partial charge < -0.3 is 0 Å².